The predicted molar refractivity (Wildman–Crippen MR) is 62.0 cm³/mol. The Morgan fingerprint density at radius 1 is 1.33 bits per heavy atom. The van der Waals surface area contributed by atoms with Crippen molar-refractivity contribution < 1.29 is 4.74 Å². The first kappa shape index (κ1) is 11.7. The Bertz CT molecular complexity index is 334. The zero-order valence-electron chi connectivity index (χ0n) is 9.29. The van der Waals surface area contributed by atoms with Crippen LogP contribution in [0.2, 0.25) is 0 Å². The molecule has 0 fully saturated rings. The fourth-order valence-electron chi connectivity index (χ4n) is 1.33. The van der Waals surface area contributed by atoms with Gasteiger partial charge in [-0.3, -0.25) is 5.41 Å². The van der Waals surface area contributed by atoms with E-state index in [1.807, 2.05) is 38.1 Å². The summed E-state index contributed by atoms with van der Waals surface area (Å²) in [6, 6.07) is 7.93. The fraction of sp³-hybridized carbons (Fsp3) is 0.417. The number of amidine groups is 1. The molecular formula is C12H18N2O. The maximum atomic E-state index is 7.28. The molecule has 3 nitrogen and oxygen atoms in total. The van der Waals surface area contributed by atoms with Crippen LogP contribution in [0.25, 0.3) is 0 Å². The van der Waals surface area contributed by atoms with Gasteiger partial charge >= 0.3 is 0 Å². The molecule has 82 valence electrons. The molecule has 3 N–H and O–H groups in total. The number of benzene rings is 1. The highest BCUT2D eigenvalue weighted by molar-refractivity contribution is 5.79. The SMILES string of the molecule is CC(C)OCc1ccccc1CC(=N)N. The molecule has 1 rings (SSSR count). The molecule has 0 aliphatic carbocycles. The molecule has 0 atom stereocenters. The minimum absolute atomic E-state index is 0.187. The topological polar surface area (TPSA) is 59.1 Å². The van der Waals surface area contributed by atoms with Crippen LogP contribution in [0.5, 0.6) is 0 Å². The van der Waals surface area contributed by atoms with Gasteiger partial charge in [-0.15, -0.1) is 0 Å². The Kier molecular flexibility index (Phi) is 4.31. The van der Waals surface area contributed by atoms with Crippen molar-refractivity contribution in [2.24, 2.45) is 5.73 Å². The molecule has 0 bridgehead atoms. The maximum Gasteiger partial charge on any atom is 0.0950 e. The van der Waals surface area contributed by atoms with Gasteiger partial charge in [0.1, 0.15) is 0 Å². The second-order valence-electron chi connectivity index (χ2n) is 3.83. The summed E-state index contributed by atoms with van der Waals surface area (Å²) in [6.07, 6.45) is 0.716. The van der Waals surface area contributed by atoms with Gasteiger partial charge in [0.2, 0.25) is 0 Å². The zero-order chi connectivity index (χ0) is 11.3. The molecule has 0 radical (unpaired) electrons. The lowest BCUT2D eigenvalue weighted by Gasteiger charge is -2.11. The molecule has 0 saturated carbocycles. The van der Waals surface area contributed by atoms with Crippen LogP contribution < -0.4 is 5.73 Å². The summed E-state index contributed by atoms with van der Waals surface area (Å²) in [5.41, 5.74) is 7.58. The number of rotatable bonds is 5. The van der Waals surface area contributed by atoms with Gasteiger partial charge in [-0.2, -0.15) is 0 Å². The summed E-state index contributed by atoms with van der Waals surface area (Å²) in [6.45, 7) is 4.60. The lowest BCUT2D eigenvalue weighted by Crippen LogP contribution is -2.14. The maximum absolute atomic E-state index is 7.28. The van der Waals surface area contributed by atoms with Crippen LogP contribution in [0.3, 0.4) is 0 Å². The van der Waals surface area contributed by atoms with E-state index in [0.717, 1.165) is 11.1 Å². The second-order valence-corrected chi connectivity index (χ2v) is 3.83. The fourth-order valence-corrected chi connectivity index (χ4v) is 1.33. The first-order chi connectivity index (χ1) is 7.09. The van der Waals surface area contributed by atoms with E-state index < -0.39 is 0 Å². The van der Waals surface area contributed by atoms with Gasteiger partial charge in [0.15, 0.2) is 0 Å². The molecule has 0 amide bonds. The van der Waals surface area contributed by atoms with Gasteiger partial charge < -0.3 is 10.5 Å². The number of nitrogens with two attached hydrogens (primary N) is 1. The van der Waals surface area contributed by atoms with Crippen LogP contribution in [-0.2, 0) is 17.8 Å². The van der Waals surface area contributed by atoms with Gasteiger partial charge in [0, 0.05) is 6.42 Å². The van der Waals surface area contributed by atoms with Gasteiger partial charge in [0.05, 0.1) is 18.5 Å². The van der Waals surface area contributed by atoms with Crippen molar-refractivity contribution in [2.45, 2.75) is 33.0 Å². The Morgan fingerprint density at radius 2 is 1.93 bits per heavy atom. The van der Waals surface area contributed by atoms with E-state index in [2.05, 4.69) is 0 Å². The first-order valence-electron chi connectivity index (χ1n) is 5.11. The minimum Gasteiger partial charge on any atom is -0.387 e. The van der Waals surface area contributed by atoms with Crippen LogP contribution in [0.4, 0.5) is 0 Å². The van der Waals surface area contributed by atoms with E-state index in [1.54, 1.807) is 0 Å². The molecule has 3 heteroatoms. The van der Waals surface area contributed by atoms with Crippen molar-refractivity contribution >= 4 is 5.84 Å². The van der Waals surface area contributed by atoms with Gasteiger partial charge in [-0.1, -0.05) is 24.3 Å². The van der Waals surface area contributed by atoms with Crippen molar-refractivity contribution in [3.8, 4) is 0 Å². The Balaban J connectivity index is 2.72. The smallest absolute Gasteiger partial charge is 0.0950 e. The molecule has 0 aromatic heterocycles. The average Bonchev–Trinajstić information content (AvgIpc) is 2.15. The van der Waals surface area contributed by atoms with Crippen molar-refractivity contribution in [1.82, 2.24) is 0 Å². The number of ether oxygens (including phenoxy) is 1. The summed E-state index contributed by atoms with van der Waals surface area (Å²) < 4.78 is 5.54. The van der Waals surface area contributed by atoms with E-state index in [0.29, 0.717) is 13.0 Å². The van der Waals surface area contributed by atoms with E-state index in [1.165, 1.54) is 0 Å². The second kappa shape index (κ2) is 5.51. The highest BCUT2D eigenvalue weighted by Gasteiger charge is 2.04. The van der Waals surface area contributed by atoms with Crippen LogP contribution >= 0.6 is 0 Å². The summed E-state index contributed by atoms with van der Waals surface area (Å²) in [5, 5.41) is 7.28. The van der Waals surface area contributed by atoms with Crippen LogP contribution in [-0.4, -0.2) is 11.9 Å². The normalized spacial score (nSPS) is 10.6. The van der Waals surface area contributed by atoms with Crippen molar-refractivity contribution in [2.75, 3.05) is 0 Å². The van der Waals surface area contributed by atoms with E-state index in [-0.39, 0.29) is 11.9 Å². The molecule has 0 saturated heterocycles. The largest absolute Gasteiger partial charge is 0.387 e. The monoisotopic (exact) mass is 206 g/mol. The van der Waals surface area contributed by atoms with E-state index >= 15 is 0 Å². The van der Waals surface area contributed by atoms with Crippen LogP contribution in [0, 0.1) is 5.41 Å². The highest BCUT2D eigenvalue weighted by atomic mass is 16.5. The molecule has 1 aromatic carbocycles. The third-order valence-corrected chi connectivity index (χ3v) is 2.07. The van der Waals surface area contributed by atoms with E-state index in [4.69, 9.17) is 15.9 Å². The quantitative estimate of drug-likeness (QED) is 0.572. The molecular weight excluding hydrogens is 188 g/mol. The van der Waals surface area contributed by atoms with E-state index in [9.17, 15) is 0 Å². The number of hydrogen-bond donors (Lipinski definition) is 2. The lowest BCUT2D eigenvalue weighted by atomic mass is 10.0. The Hall–Kier alpha value is -1.35. The predicted octanol–water partition coefficient (Wildman–Crippen LogP) is 2.09. The third kappa shape index (κ3) is 4.13. The molecule has 0 aliphatic heterocycles. The molecule has 15 heavy (non-hydrogen) atoms. The van der Waals surface area contributed by atoms with Crippen molar-refractivity contribution in [3.05, 3.63) is 35.4 Å². The summed E-state index contributed by atoms with van der Waals surface area (Å²) in [5.74, 6) is 0.187. The van der Waals surface area contributed by atoms with Crippen molar-refractivity contribution in [1.29, 1.82) is 5.41 Å². The number of nitrogens with one attached hydrogen (secondary N) is 1. The van der Waals surface area contributed by atoms with Crippen LogP contribution in [0.1, 0.15) is 25.0 Å². The first-order valence-corrected chi connectivity index (χ1v) is 5.11. The van der Waals surface area contributed by atoms with Gasteiger partial charge in [-0.05, 0) is 25.0 Å². The summed E-state index contributed by atoms with van der Waals surface area (Å²) >= 11 is 0. The molecule has 1 aromatic rings. The molecule has 0 unspecified atom stereocenters. The lowest BCUT2D eigenvalue weighted by molar-refractivity contribution is 0.0653. The van der Waals surface area contributed by atoms with Crippen molar-refractivity contribution in [3.63, 3.8) is 0 Å². The van der Waals surface area contributed by atoms with Gasteiger partial charge in [-0.25, -0.2) is 0 Å². The minimum atomic E-state index is 0.187. The molecule has 0 spiro atoms. The summed E-state index contributed by atoms with van der Waals surface area (Å²) in [7, 11) is 0. The zero-order valence-corrected chi connectivity index (χ0v) is 9.29. The van der Waals surface area contributed by atoms with Crippen LogP contribution in [0.15, 0.2) is 24.3 Å². The third-order valence-electron chi connectivity index (χ3n) is 2.07. The molecule has 0 aliphatic rings. The van der Waals surface area contributed by atoms with Gasteiger partial charge in [0.25, 0.3) is 0 Å². The summed E-state index contributed by atoms with van der Waals surface area (Å²) in [4.78, 5) is 0. The average molecular weight is 206 g/mol. The highest BCUT2D eigenvalue weighted by Crippen LogP contribution is 2.11. The Morgan fingerprint density at radius 3 is 2.47 bits per heavy atom. The number of hydrogen-bond acceptors (Lipinski definition) is 2. The Labute approximate surface area is 90.8 Å². The standard InChI is InChI=1S/C12H18N2O/c1-9(2)15-8-11-6-4-3-5-10(11)7-12(13)14/h3-6,9H,7-8H2,1-2H3,(H3,13,14). The molecule has 0 heterocycles.